The summed E-state index contributed by atoms with van der Waals surface area (Å²) in [6.45, 7) is 5.22. The van der Waals surface area contributed by atoms with Crippen molar-refractivity contribution in [2.45, 2.75) is 31.2 Å². The molecule has 2 aliphatic rings. The molecule has 21 heavy (non-hydrogen) atoms. The van der Waals surface area contributed by atoms with Crippen LogP contribution in [0, 0.1) is 5.92 Å². The highest BCUT2D eigenvalue weighted by Gasteiger charge is 2.33. The zero-order valence-corrected chi connectivity index (χ0v) is 13.2. The summed E-state index contributed by atoms with van der Waals surface area (Å²) in [5.74, 6) is 1.04. The van der Waals surface area contributed by atoms with E-state index in [1.165, 1.54) is 0 Å². The topological polar surface area (TPSA) is 40.6 Å². The van der Waals surface area contributed by atoms with Gasteiger partial charge in [0.05, 0.1) is 11.4 Å². The molecule has 1 aromatic carbocycles. The molecule has 0 aromatic heterocycles. The summed E-state index contributed by atoms with van der Waals surface area (Å²) < 4.78 is 0. The van der Waals surface area contributed by atoms with Crippen LogP contribution in [0.15, 0.2) is 29.2 Å². The van der Waals surface area contributed by atoms with Crippen molar-refractivity contribution in [3.8, 4) is 0 Å². The van der Waals surface area contributed by atoms with Crippen LogP contribution >= 0.6 is 11.8 Å². The van der Waals surface area contributed by atoms with Crippen molar-refractivity contribution in [2.75, 3.05) is 23.7 Å². The molecule has 2 aliphatic heterocycles. The van der Waals surface area contributed by atoms with E-state index in [2.05, 4.69) is 13.8 Å². The van der Waals surface area contributed by atoms with Crippen LogP contribution in [0.1, 0.15) is 20.3 Å². The maximum absolute atomic E-state index is 12.6. The predicted octanol–water partition coefficient (Wildman–Crippen LogP) is 2.38. The number of anilines is 1. The van der Waals surface area contributed by atoms with E-state index >= 15 is 0 Å². The van der Waals surface area contributed by atoms with Crippen molar-refractivity contribution in [3.63, 3.8) is 0 Å². The van der Waals surface area contributed by atoms with E-state index in [4.69, 9.17) is 0 Å². The normalized spacial score (nSPS) is 25.1. The van der Waals surface area contributed by atoms with Crippen LogP contribution in [0.25, 0.3) is 0 Å². The Bertz CT molecular complexity index is 575. The molecule has 2 amide bonds. The second-order valence-corrected chi connectivity index (χ2v) is 6.99. The highest BCUT2D eigenvalue weighted by Crippen LogP contribution is 2.35. The number of likely N-dealkylation sites (tertiary alicyclic amines) is 1. The number of fused-ring (bicyclic) bond motifs is 1. The summed E-state index contributed by atoms with van der Waals surface area (Å²) in [6.07, 6.45) is 1.05. The summed E-state index contributed by atoms with van der Waals surface area (Å²) in [5.41, 5.74) is 0.868. The van der Waals surface area contributed by atoms with Gasteiger partial charge < -0.3 is 9.80 Å². The Kier molecular flexibility index (Phi) is 3.93. The third-order valence-corrected chi connectivity index (χ3v) is 5.25. The standard InChI is InChI=1S/C16H20N2O2S/c1-11-7-12(2)17(8-11)15(19)9-18-13-5-3-4-6-14(13)21-10-16(18)20/h3-6,11-12H,7-10H2,1-2H3. The Hall–Kier alpha value is -1.49. The van der Waals surface area contributed by atoms with Crippen LogP contribution in [-0.4, -0.2) is 41.6 Å². The number of para-hydroxylation sites is 1. The minimum absolute atomic E-state index is 0.0203. The average molecular weight is 304 g/mol. The van der Waals surface area contributed by atoms with Gasteiger partial charge in [-0.05, 0) is 31.4 Å². The van der Waals surface area contributed by atoms with Gasteiger partial charge in [-0.1, -0.05) is 19.1 Å². The summed E-state index contributed by atoms with van der Waals surface area (Å²) in [4.78, 5) is 29.4. The van der Waals surface area contributed by atoms with Gasteiger partial charge in [0.25, 0.3) is 0 Å². The molecule has 2 atom stereocenters. The maximum Gasteiger partial charge on any atom is 0.242 e. The molecule has 1 saturated heterocycles. The van der Waals surface area contributed by atoms with Gasteiger partial charge in [0.15, 0.2) is 0 Å². The highest BCUT2D eigenvalue weighted by molar-refractivity contribution is 8.00. The number of hydrogen-bond donors (Lipinski definition) is 0. The molecule has 0 bridgehead atoms. The number of carbonyl (C=O) groups excluding carboxylic acids is 2. The van der Waals surface area contributed by atoms with E-state index in [1.54, 1.807) is 16.7 Å². The van der Waals surface area contributed by atoms with Crippen molar-refractivity contribution in [1.82, 2.24) is 4.90 Å². The first-order chi connectivity index (χ1) is 10.1. The molecule has 4 nitrogen and oxygen atoms in total. The Labute approximate surface area is 129 Å². The lowest BCUT2D eigenvalue weighted by atomic mass is 10.1. The average Bonchev–Trinajstić information content (AvgIpc) is 2.81. The SMILES string of the molecule is CC1CC(C)N(C(=O)CN2C(=O)CSc3ccccc32)C1. The fourth-order valence-corrected chi connectivity index (χ4v) is 4.14. The van der Waals surface area contributed by atoms with Crippen molar-refractivity contribution >= 4 is 29.3 Å². The van der Waals surface area contributed by atoms with Crippen LogP contribution in [-0.2, 0) is 9.59 Å². The van der Waals surface area contributed by atoms with Gasteiger partial charge >= 0.3 is 0 Å². The Morgan fingerprint density at radius 3 is 2.81 bits per heavy atom. The molecule has 2 unspecified atom stereocenters. The van der Waals surface area contributed by atoms with Crippen LogP contribution in [0.4, 0.5) is 5.69 Å². The third-order valence-electron chi connectivity index (χ3n) is 4.21. The lowest BCUT2D eigenvalue weighted by molar-refractivity contribution is -0.131. The van der Waals surface area contributed by atoms with E-state index in [1.807, 2.05) is 29.2 Å². The van der Waals surface area contributed by atoms with E-state index in [-0.39, 0.29) is 24.4 Å². The molecule has 1 fully saturated rings. The van der Waals surface area contributed by atoms with E-state index < -0.39 is 0 Å². The molecule has 112 valence electrons. The van der Waals surface area contributed by atoms with Crippen molar-refractivity contribution < 1.29 is 9.59 Å². The van der Waals surface area contributed by atoms with Gasteiger partial charge in [0.1, 0.15) is 6.54 Å². The zero-order valence-electron chi connectivity index (χ0n) is 12.4. The summed E-state index contributed by atoms with van der Waals surface area (Å²) in [7, 11) is 0. The molecule has 1 aromatic rings. The van der Waals surface area contributed by atoms with Gasteiger partial charge in [-0.15, -0.1) is 11.8 Å². The first kappa shape index (κ1) is 14.4. The monoisotopic (exact) mass is 304 g/mol. The maximum atomic E-state index is 12.6. The van der Waals surface area contributed by atoms with Crippen LogP contribution in [0.2, 0.25) is 0 Å². The van der Waals surface area contributed by atoms with E-state index in [0.717, 1.165) is 23.5 Å². The zero-order chi connectivity index (χ0) is 15.0. The van der Waals surface area contributed by atoms with Gasteiger partial charge in [-0.3, -0.25) is 9.59 Å². The van der Waals surface area contributed by atoms with Crippen LogP contribution in [0.5, 0.6) is 0 Å². The van der Waals surface area contributed by atoms with Gasteiger partial charge in [0.2, 0.25) is 11.8 Å². The second-order valence-electron chi connectivity index (χ2n) is 5.97. The molecular formula is C16H20N2O2S. The minimum Gasteiger partial charge on any atom is -0.338 e. The number of nitrogens with zero attached hydrogens (tertiary/aromatic N) is 2. The Balaban J connectivity index is 1.78. The summed E-state index contributed by atoms with van der Waals surface area (Å²) in [5, 5.41) is 0. The smallest absolute Gasteiger partial charge is 0.242 e. The van der Waals surface area contributed by atoms with Gasteiger partial charge in [-0.25, -0.2) is 0 Å². The van der Waals surface area contributed by atoms with Crippen LogP contribution < -0.4 is 4.90 Å². The molecule has 0 aliphatic carbocycles. The summed E-state index contributed by atoms with van der Waals surface area (Å²) >= 11 is 1.54. The fourth-order valence-electron chi connectivity index (χ4n) is 3.20. The van der Waals surface area contributed by atoms with Gasteiger partial charge in [0, 0.05) is 17.5 Å². The number of rotatable bonds is 2. The lowest BCUT2D eigenvalue weighted by Gasteiger charge is -2.31. The Morgan fingerprint density at radius 1 is 1.33 bits per heavy atom. The molecule has 0 spiro atoms. The Morgan fingerprint density at radius 2 is 2.10 bits per heavy atom. The second kappa shape index (κ2) is 5.72. The molecule has 2 heterocycles. The minimum atomic E-state index is 0.0203. The first-order valence-corrected chi connectivity index (χ1v) is 8.36. The highest BCUT2D eigenvalue weighted by atomic mass is 32.2. The fraction of sp³-hybridized carbons (Fsp3) is 0.500. The number of carbonyl (C=O) groups is 2. The van der Waals surface area contributed by atoms with Crippen molar-refractivity contribution in [3.05, 3.63) is 24.3 Å². The van der Waals surface area contributed by atoms with Crippen molar-refractivity contribution in [2.24, 2.45) is 5.92 Å². The number of thioether (sulfide) groups is 1. The first-order valence-electron chi connectivity index (χ1n) is 7.38. The van der Waals surface area contributed by atoms with E-state index in [0.29, 0.717) is 11.7 Å². The number of amides is 2. The summed E-state index contributed by atoms with van der Waals surface area (Å²) in [6, 6.07) is 8.08. The molecule has 0 radical (unpaired) electrons. The molecule has 0 saturated carbocycles. The quantitative estimate of drug-likeness (QED) is 0.842. The molecule has 0 N–H and O–H groups in total. The molecule has 5 heteroatoms. The number of benzene rings is 1. The van der Waals surface area contributed by atoms with Crippen molar-refractivity contribution in [1.29, 1.82) is 0 Å². The van der Waals surface area contributed by atoms with Gasteiger partial charge in [-0.2, -0.15) is 0 Å². The van der Waals surface area contributed by atoms with Crippen LogP contribution in [0.3, 0.4) is 0 Å². The molecule has 3 rings (SSSR count). The predicted molar refractivity (Wildman–Crippen MR) is 84.5 cm³/mol. The largest absolute Gasteiger partial charge is 0.338 e. The number of hydrogen-bond acceptors (Lipinski definition) is 3. The lowest BCUT2D eigenvalue weighted by Crippen LogP contribution is -2.46. The van der Waals surface area contributed by atoms with E-state index in [9.17, 15) is 9.59 Å². The third kappa shape index (κ3) is 2.79. The molecular weight excluding hydrogens is 284 g/mol.